The van der Waals surface area contributed by atoms with Gasteiger partial charge in [-0.15, -0.1) is 0 Å². The smallest absolute Gasteiger partial charge is 0.133 e. The molecule has 0 unspecified atom stereocenters. The molecule has 5 rings (SSSR count). The van der Waals surface area contributed by atoms with Crippen LogP contribution in [0.25, 0.3) is 0 Å². The van der Waals surface area contributed by atoms with Crippen LogP contribution in [0.15, 0.2) is 72.8 Å². The van der Waals surface area contributed by atoms with E-state index in [9.17, 15) is 0 Å². The number of unbranched alkanes of at least 4 members (excludes halogenated alkanes) is 8. The third-order valence-corrected chi connectivity index (χ3v) is 10.9. The molecule has 1 aliphatic carbocycles. The van der Waals surface area contributed by atoms with Crippen LogP contribution in [-0.2, 0) is 5.41 Å². The fourth-order valence-electron chi connectivity index (χ4n) is 8.03. The molecule has 0 atom stereocenters. The summed E-state index contributed by atoms with van der Waals surface area (Å²) in [5.41, 5.74) is 20.8. The van der Waals surface area contributed by atoms with E-state index in [0.29, 0.717) is 0 Å². The van der Waals surface area contributed by atoms with Crippen molar-refractivity contribution in [3.8, 4) is 23.0 Å². The lowest BCUT2D eigenvalue weighted by atomic mass is 9.62. The van der Waals surface area contributed by atoms with Crippen LogP contribution in [0.3, 0.4) is 0 Å². The van der Waals surface area contributed by atoms with Gasteiger partial charge in [0, 0.05) is 16.8 Å². The molecule has 0 saturated heterocycles. The van der Waals surface area contributed by atoms with Crippen LogP contribution >= 0.6 is 0 Å². The number of nitrogens with two attached hydrogens (primary N) is 2. The Labute approximate surface area is 296 Å². The zero-order valence-corrected chi connectivity index (χ0v) is 30.9. The highest BCUT2D eigenvalue weighted by molar-refractivity contribution is 5.55. The molecular formula is C45H60N2O2. The van der Waals surface area contributed by atoms with Crippen LogP contribution in [-0.4, -0.2) is 0 Å². The lowest BCUT2D eigenvalue weighted by Crippen LogP contribution is -2.33. The molecule has 1 fully saturated rings. The molecule has 0 amide bonds. The number of aryl methyl sites for hydroxylation is 4. The highest BCUT2D eigenvalue weighted by Crippen LogP contribution is 2.50. The summed E-state index contributed by atoms with van der Waals surface area (Å²) in [7, 11) is 0. The van der Waals surface area contributed by atoms with Crippen LogP contribution < -0.4 is 20.9 Å². The van der Waals surface area contributed by atoms with Crippen molar-refractivity contribution in [2.45, 2.75) is 130 Å². The summed E-state index contributed by atoms with van der Waals surface area (Å²) in [4.78, 5) is 0. The summed E-state index contributed by atoms with van der Waals surface area (Å²) >= 11 is 0. The number of anilines is 2. The molecule has 0 radical (unpaired) electrons. The summed E-state index contributed by atoms with van der Waals surface area (Å²) in [6, 6.07) is 24.9. The third-order valence-electron chi connectivity index (χ3n) is 10.9. The van der Waals surface area contributed by atoms with Gasteiger partial charge in [0.2, 0.25) is 0 Å². The molecule has 4 aromatic carbocycles. The minimum Gasteiger partial charge on any atom is -0.457 e. The van der Waals surface area contributed by atoms with Crippen LogP contribution in [0, 0.1) is 33.6 Å². The van der Waals surface area contributed by atoms with Crippen molar-refractivity contribution < 1.29 is 9.47 Å². The lowest BCUT2D eigenvalue weighted by molar-refractivity contribution is 0.249. The largest absolute Gasteiger partial charge is 0.457 e. The van der Waals surface area contributed by atoms with E-state index in [-0.39, 0.29) is 5.41 Å². The maximum absolute atomic E-state index is 6.43. The van der Waals surface area contributed by atoms with Crippen molar-refractivity contribution >= 4 is 11.4 Å². The van der Waals surface area contributed by atoms with Gasteiger partial charge in [0.1, 0.15) is 23.0 Å². The second-order valence-electron chi connectivity index (χ2n) is 14.9. The van der Waals surface area contributed by atoms with Gasteiger partial charge >= 0.3 is 0 Å². The third kappa shape index (κ3) is 9.41. The first-order chi connectivity index (χ1) is 23.7. The molecule has 262 valence electrons. The second-order valence-corrected chi connectivity index (χ2v) is 14.9. The van der Waals surface area contributed by atoms with Gasteiger partial charge in [-0.05, 0) is 141 Å². The van der Waals surface area contributed by atoms with Crippen molar-refractivity contribution in [3.05, 3.63) is 106 Å². The van der Waals surface area contributed by atoms with Gasteiger partial charge < -0.3 is 20.9 Å². The monoisotopic (exact) mass is 660 g/mol. The molecule has 1 saturated carbocycles. The van der Waals surface area contributed by atoms with Gasteiger partial charge in [-0.1, -0.05) is 95.4 Å². The number of nitrogen functional groups attached to an aromatic ring is 2. The molecule has 0 spiro atoms. The van der Waals surface area contributed by atoms with E-state index in [4.69, 9.17) is 20.9 Å². The second kappa shape index (κ2) is 17.1. The van der Waals surface area contributed by atoms with E-state index in [0.717, 1.165) is 53.1 Å². The maximum atomic E-state index is 6.43. The van der Waals surface area contributed by atoms with E-state index in [1.165, 1.54) is 110 Å². The topological polar surface area (TPSA) is 70.5 Å². The van der Waals surface area contributed by atoms with Crippen LogP contribution in [0.4, 0.5) is 11.4 Å². The SMILES string of the molecule is CCCCCCCCCCCC1CCC(c2cc(C)c(Oc3ccc(N)cc3)c(C)c2)(c2cc(C)c(Oc3ccc(N)cc3)c(C)c2)CC1. The van der Waals surface area contributed by atoms with Gasteiger partial charge in [-0.2, -0.15) is 0 Å². The van der Waals surface area contributed by atoms with Crippen molar-refractivity contribution in [2.24, 2.45) is 5.92 Å². The first kappa shape index (κ1) is 36.4. The standard InChI is InChI=1S/C45H60N2O2/c1-6-7-8-9-10-11-12-13-14-15-36-24-26-45(27-25-36,37-28-32(2)43(33(3)29-37)48-41-20-16-39(46)17-21-41)38-30-34(4)44(35(5)31-38)49-42-22-18-40(47)19-23-42/h16-23,28-31,36H,6-15,24-27,46-47H2,1-5H3. The fourth-order valence-corrected chi connectivity index (χ4v) is 8.03. The summed E-state index contributed by atoms with van der Waals surface area (Å²) in [5.74, 6) is 4.29. The Kier molecular flexibility index (Phi) is 12.7. The van der Waals surface area contributed by atoms with Gasteiger partial charge in [0.25, 0.3) is 0 Å². The van der Waals surface area contributed by atoms with Crippen molar-refractivity contribution in [2.75, 3.05) is 11.5 Å². The molecule has 0 aliphatic heterocycles. The zero-order chi connectivity index (χ0) is 34.8. The minimum absolute atomic E-state index is 0.0561. The summed E-state index contributed by atoms with van der Waals surface area (Å²) < 4.78 is 12.9. The Bertz CT molecular complexity index is 1480. The molecule has 4 nitrogen and oxygen atoms in total. The van der Waals surface area contributed by atoms with E-state index in [2.05, 4.69) is 58.9 Å². The van der Waals surface area contributed by atoms with Gasteiger partial charge in [-0.25, -0.2) is 0 Å². The molecule has 0 aromatic heterocycles. The molecule has 49 heavy (non-hydrogen) atoms. The number of benzene rings is 4. The summed E-state index contributed by atoms with van der Waals surface area (Å²) in [6.07, 6.45) is 18.7. The lowest BCUT2D eigenvalue weighted by Gasteiger charge is -2.42. The number of rotatable bonds is 16. The molecule has 4 aromatic rings. The Hall–Kier alpha value is -3.92. The molecular weight excluding hydrogens is 601 g/mol. The van der Waals surface area contributed by atoms with Gasteiger partial charge in [-0.3, -0.25) is 0 Å². The average Bonchev–Trinajstić information content (AvgIpc) is 3.09. The Balaban J connectivity index is 1.36. The van der Waals surface area contributed by atoms with Gasteiger partial charge in [0.15, 0.2) is 0 Å². The number of hydrogen-bond donors (Lipinski definition) is 2. The Morgan fingerprint density at radius 2 is 0.918 bits per heavy atom. The average molecular weight is 661 g/mol. The first-order valence-electron chi connectivity index (χ1n) is 19.0. The van der Waals surface area contributed by atoms with E-state index < -0.39 is 0 Å². The van der Waals surface area contributed by atoms with Crippen molar-refractivity contribution in [1.82, 2.24) is 0 Å². The molecule has 0 heterocycles. The van der Waals surface area contributed by atoms with Crippen LogP contribution in [0.2, 0.25) is 0 Å². The Morgan fingerprint density at radius 3 is 1.31 bits per heavy atom. The molecule has 4 heteroatoms. The zero-order valence-electron chi connectivity index (χ0n) is 30.9. The highest BCUT2D eigenvalue weighted by atomic mass is 16.5. The van der Waals surface area contributed by atoms with Crippen LogP contribution in [0.5, 0.6) is 23.0 Å². The van der Waals surface area contributed by atoms with Crippen molar-refractivity contribution in [3.63, 3.8) is 0 Å². The van der Waals surface area contributed by atoms with Crippen LogP contribution in [0.1, 0.15) is 130 Å². The van der Waals surface area contributed by atoms with Crippen molar-refractivity contribution in [1.29, 1.82) is 0 Å². The molecule has 0 bridgehead atoms. The maximum Gasteiger partial charge on any atom is 0.133 e. The summed E-state index contributed by atoms with van der Waals surface area (Å²) in [5, 5.41) is 0. The number of hydrogen-bond acceptors (Lipinski definition) is 4. The summed E-state index contributed by atoms with van der Waals surface area (Å²) in [6.45, 7) is 11.0. The molecule has 1 aliphatic rings. The van der Waals surface area contributed by atoms with Gasteiger partial charge in [0.05, 0.1) is 0 Å². The quantitative estimate of drug-likeness (QED) is 0.0927. The number of ether oxygens (including phenoxy) is 2. The normalized spacial score (nSPS) is 14.6. The predicted octanol–water partition coefficient (Wildman–Crippen LogP) is 13.1. The fraction of sp³-hybridized carbons (Fsp3) is 0.467. The van der Waals surface area contributed by atoms with E-state index in [1.54, 1.807) is 0 Å². The Morgan fingerprint density at radius 1 is 0.551 bits per heavy atom. The van der Waals surface area contributed by atoms with E-state index in [1.807, 2.05) is 48.5 Å². The highest BCUT2D eigenvalue weighted by Gasteiger charge is 2.39. The first-order valence-corrected chi connectivity index (χ1v) is 19.0. The molecule has 4 N–H and O–H groups in total. The predicted molar refractivity (Wildman–Crippen MR) is 208 cm³/mol. The minimum atomic E-state index is -0.0561. The van der Waals surface area contributed by atoms with E-state index >= 15 is 0 Å².